The fraction of sp³-hybridized carbons (Fsp3) is 0.567. The van der Waals surface area contributed by atoms with Crippen LogP contribution in [-0.2, 0) is 5.54 Å². The van der Waals surface area contributed by atoms with Crippen LogP contribution in [0.15, 0.2) is 54.6 Å². The average molecular weight is 457 g/mol. The Hall–Kier alpha value is -2.33. The highest BCUT2D eigenvalue weighted by atomic mass is 15.3. The number of benzene rings is 2. The van der Waals surface area contributed by atoms with Crippen molar-refractivity contribution in [3.8, 4) is 0 Å². The molecule has 3 aromatic rings. The van der Waals surface area contributed by atoms with Gasteiger partial charge >= 0.3 is 0 Å². The molecule has 1 saturated carbocycles. The first-order valence-corrected chi connectivity index (χ1v) is 13.9. The second-order valence-electron chi connectivity index (χ2n) is 10.8. The van der Waals surface area contributed by atoms with E-state index in [2.05, 4.69) is 69.0 Å². The molecule has 0 radical (unpaired) electrons. The lowest BCUT2D eigenvalue weighted by atomic mass is 9.79. The lowest BCUT2D eigenvalue weighted by Crippen LogP contribution is -2.50. The molecule has 0 spiro atoms. The summed E-state index contributed by atoms with van der Waals surface area (Å²) in [5.74, 6) is 1.23. The molecular weight excluding hydrogens is 416 g/mol. The van der Waals surface area contributed by atoms with Gasteiger partial charge in [0, 0.05) is 37.8 Å². The SMILES string of the molecule is c1ccc(C2(N3CCC(n4c(N5CCCCC5)nc5ccccc54)CC3)CCCCCC2)cc1. The van der Waals surface area contributed by atoms with Crippen LogP contribution in [0.5, 0.6) is 0 Å². The Morgan fingerprint density at radius 1 is 0.676 bits per heavy atom. The number of piperidine rings is 2. The third kappa shape index (κ3) is 4.04. The molecule has 0 atom stereocenters. The van der Waals surface area contributed by atoms with E-state index in [4.69, 9.17) is 4.98 Å². The number of rotatable bonds is 4. The summed E-state index contributed by atoms with van der Waals surface area (Å²) in [4.78, 5) is 10.6. The number of imidazole rings is 1. The summed E-state index contributed by atoms with van der Waals surface area (Å²) in [6.07, 6.45) is 14.5. The number of hydrogen-bond acceptors (Lipinski definition) is 3. The molecule has 0 N–H and O–H groups in total. The van der Waals surface area contributed by atoms with E-state index in [1.807, 2.05) is 0 Å². The Morgan fingerprint density at radius 3 is 2.06 bits per heavy atom. The van der Waals surface area contributed by atoms with Crippen molar-refractivity contribution in [3.05, 3.63) is 60.2 Å². The van der Waals surface area contributed by atoms with Crippen LogP contribution in [-0.4, -0.2) is 40.6 Å². The van der Waals surface area contributed by atoms with Gasteiger partial charge in [0.15, 0.2) is 0 Å². The summed E-state index contributed by atoms with van der Waals surface area (Å²) in [5, 5.41) is 0. The number of anilines is 1. The van der Waals surface area contributed by atoms with Gasteiger partial charge in [-0.15, -0.1) is 0 Å². The van der Waals surface area contributed by atoms with E-state index in [0.717, 1.165) is 18.6 Å². The van der Waals surface area contributed by atoms with Crippen molar-refractivity contribution in [2.45, 2.75) is 82.2 Å². The largest absolute Gasteiger partial charge is 0.342 e. The molecule has 180 valence electrons. The Bertz CT molecular complexity index is 1070. The molecule has 0 amide bonds. The fourth-order valence-corrected chi connectivity index (χ4v) is 7.11. The Morgan fingerprint density at radius 2 is 1.32 bits per heavy atom. The van der Waals surface area contributed by atoms with E-state index in [9.17, 15) is 0 Å². The lowest BCUT2D eigenvalue weighted by Gasteiger charge is -2.48. The predicted octanol–water partition coefficient (Wildman–Crippen LogP) is 6.91. The van der Waals surface area contributed by atoms with Gasteiger partial charge < -0.3 is 9.47 Å². The molecule has 4 heteroatoms. The van der Waals surface area contributed by atoms with Gasteiger partial charge in [0.25, 0.3) is 0 Å². The maximum atomic E-state index is 5.17. The highest BCUT2D eigenvalue weighted by Crippen LogP contribution is 2.44. The molecule has 34 heavy (non-hydrogen) atoms. The first kappa shape index (κ1) is 22.2. The van der Waals surface area contributed by atoms with Crippen LogP contribution < -0.4 is 4.90 Å². The summed E-state index contributed by atoms with van der Waals surface area (Å²) >= 11 is 0. The zero-order valence-electron chi connectivity index (χ0n) is 20.7. The van der Waals surface area contributed by atoms with Crippen LogP contribution >= 0.6 is 0 Å². The zero-order chi connectivity index (χ0) is 22.8. The van der Waals surface area contributed by atoms with Crippen molar-refractivity contribution in [2.24, 2.45) is 0 Å². The topological polar surface area (TPSA) is 24.3 Å². The molecule has 3 fully saturated rings. The van der Waals surface area contributed by atoms with Crippen LogP contribution in [0.25, 0.3) is 11.0 Å². The summed E-state index contributed by atoms with van der Waals surface area (Å²) in [7, 11) is 0. The van der Waals surface area contributed by atoms with Crippen LogP contribution in [0.2, 0.25) is 0 Å². The molecule has 4 nitrogen and oxygen atoms in total. The van der Waals surface area contributed by atoms with Crippen molar-refractivity contribution in [3.63, 3.8) is 0 Å². The second kappa shape index (κ2) is 9.73. The smallest absolute Gasteiger partial charge is 0.206 e. The molecule has 2 saturated heterocycles. The summed E-state index contributed by atoms with van der Waals surface area (Å²) in [5.41, 5.74) is 4.27. The number of aromatic nitrogens is 2. The van der Waals surface area contributed by atoms with Crippen LogP contribution in [0.1, 0.15) is 82.2 Å². The first-order valence-electron chi connectivity index (χ1n) is 13.9. The zero-order valence-corrected chi connectivity index (χ0v) is 20.7. The van der Waals surface area contributed by atoms with Crippen LogP contribution in [0.3, 0.4) is 0 Å². The van der Waals surface area contributed by atoms with E-state index in [0.29, 0.717) is 6.04 Å². The van der Waals surface area contributed by atoms with E-state index < -0.39 is 0 Å². The summed E-state index contributed by atoms with van der Waals surface area (Å²) in [6.45, 7) is 4.68. The number of hydrogen-bond donors (Lipinski definition) is 0. The maximum Gasteiger partial charge on any atom is 0.206 e. The van der Waals surface area contributed by atoms with E-state index in [1.165, 1.54) is 95.2 Å². The van der Waals surface area contributed by atoms with Gasteiger partial charge in [0.05, 0.1) is 11.0 Å². The van der Waals surface area contributed by atoms with Crippen molar-refractivity contribution in [2.75, 3.05) is 31.1 Å². The van der Waals surface area contributed by atoms with E-state index in [1.54, 1.807) is 5.56 Å². The van der Waals surface area contributed by atoms with Gasteiger partial charge in [0.2, 0.25) is 5.95 Å². The highest BCUT2D eigenvalue weighted by Gasteiger charge is 2.40. The number of nitrogens with zero attached hydrogens (tertiary/aromatic N) is 4. The molecule has 0 bridgehead atoms. The average Bonchev–Trinajstić information content (AvgIpc) is 3.12. The van der Waals surface area contributed by atoms with Crippen LogP contribution in [0, 0.1) is 0 Å². The Labute approximate surface area is 205 Å². The Balaban J connectivity index is 1.29. The van der Waals surface area contributed by atoms with Gasteiger partial charge in [-0.3, -0.25) is 4.90 Å². The molecule has 1 aliphatic carbocycles. The van der Waals surface area contributed by atoms with Gasteiger partial charge in [-0.25, -0.2) is 4.98 Å². The molecule has 3 aliphatic rings. The molecule has 0 unspecified atom stereocenters. The van der Waals surface area contributed by atoms with Gasteiger partial charge in [-0.05, 0) is 62.6 Å². The van der Waals surface area contributed by atoms with Gasteiger partial charge in [0.1, 0.15) is 0 Å². The minimum Gasteiger partial charge on any atom is -0.342 e. The summed E-state index contributed by atoms with van der Waals surface area (Å²) in [6, 6.07) is 20.8. The second-order valence-corrected chi connectivity index (χ2v) is 10.8. The summed E-state index contributed by atoms with van der Waals surface area (Å²) < 4.78 is 2.63. The lowest BCUT2D eigenvalue weighted by molar-refractivity contribution is 0.0361. The molecule has 2 aromatic carbocycles. The Kier molecular flexibility index (Phi) is 6.34. The number of fused-ring (bicyclic) bond motifs is 1. The third-order valence-electron chi connectivity index (χ3n) is 8.89. The fourth-order valence-electron chi connectivity index (χ4n) is 7.11. The van der Waals surface area contributed by atoms with Gasteiger partial charge in [-0.1, -0.05) is 68.1 Å². The van der Waals surface area contributed by atoms with Crippen LogP contribution in [0.4, 0.5) is 5.95 Å². The molecular formula is C30H40N4. The maximum absolute atomic E-state index is 5.17. The first-order chi connectivity index (χ1) is 16.9. The minimum atomic E-state index is 0.232. The number of likely N-dealkylation sites (tertiary alicyclic amines) is 1. The number of para-hydroxylation sites is 2. The van der Waals surface area contributed by atoms with Crippen molar-refractivity contribution in [1.82, 2.24) is 14.5 Å². The minimum absolute atomic E-state index is 0.232. The third-order valence-corrected chi connectivity index (χ3v) is 8.89. The predicted molar refractivity (Wildman–Crippen MR) is 141 cm³/mol. The van der Waals surface area contributed by atoms with Crippen molar-refractivity contribution in [1.29, 1.82) is 0 Å². The molecule has 3 heterocycles. The highest BCUT2D eigenvalue weighted by molar-refractivity contribution is 5.79. The molecule has 6 rings (SSSR count). The van der Waals surface area contributed by atoms with E-state index in [-0.39, 0.29) is 5.54 Å². The molecule has 1 aromatic heterocycles. The standard InChI is InChI=1S/C30H40N4/c1-2-10-20-30(19-9-1,25-13-5-3-6-14-25)33-23-17-26(18-24-33)34-28-16-8-7-15-27(28)31-29(34)32-21-11-4-12-22-32/h3,5-8,13-16,26H,1-2,4,9-12,17-24H2. The quantitative estimate of drug-likeness (QED) is 0.399. The van der Waals surface area contributed by atoms with E-state index >= 15 is 0 Å². The molecule has 2 aliphatic heterocycles. The van der Waals surface area contributed by atoms with Crippen molar-refractivity contribution < 1.29 is 0 Å². The normalized spacial score (nSPS) is 22.6. The monoisotopic (exact) mass is 456 g/mol. The van der Waals surface area contributed by atoms with Crippen molar-refractivity contribution >= 4 is 17.0 Å². The van der Waals surface area contributed by atoms with Gasteiger partial charge in [-0.2, -0.15) is 0 Å².